The van der Waals surface area contributed by atoms with Crippen LogP contribution in [-0.4, -0.2) is 48.1 Å². The number of rotatable bonds is 4. The lowest BCUT2D eigenvalue weighted by Gasteiger charge is -2.42. The molecule has 1 aliphatic rings. The van der Waals surface area contributed by atoms with Crippen molar-refractivity contribution < 1.29 is 0 Å². The fraction of sp³-hybridized carbons (Fsp3) is 0.647. The number of benzene rings is 1. The molecule has 112 valence electrons. The van der Waals surface area contributed by atoms with E-state index < -0.39 is 0 Å². The zero-order valence-corrected chi connectivity index (χ0v) is 13.2. The maximum atomic E-state index is 5.71. The highest BCUT2D eigenvalue weighted by atomic mass is 15.3. The Kier molecular flexibility index (Phi) is 5.19. The lowest BCUT2D eigenvalue weighted by atomic mass is 10.0. The van der Waals surface area contributed by atoms with Crippen LogP contribution in [0.15, 0.2) is 24.3 Å². The van der Waals surface area contributed by atoms with Gasteiger partial charge in [0.1, 0.15) is 0 Å². The summed E-state index contributed by atoms with van der Waals surface area (Å²) in [6.07, 6.45) is 0.984. The van der Waals surface area contributed by atoms with Crippen LogP contribution in [0, 0.1) is 0 Å². The Morgan fingerprint density at radius 3 is 2.15 bits per heavy atom. The van der Waals surface area contributed by atoms with Crippen molar-refractivity contribution in [1.29, 1.82) is 0 Å². The van der Waals surface area contributed by atoms with Gasteiger partial charge >= 0.3 is 0 Å². The van der Waals surface area contributed by atoms with Crippen molar-refractivity contribution in [2.45, 2.75) is 39.3 Å². The van der Waals surface area contributed by atoms with Crippen LogP contribution in [0.3, 0.4) is 0 Å². The summed E-state index contributed by atoms with van der Waals surface area (Å²) < 4.78 is 0. The molecule has 1 saturated heterocycles. The van der Waals surface area contributed by atoms with Crippen molar-refractivity contribution in [3.63, 3.8) is 0 Å². The van der Waals surface area contributed by atoms with Crippen LogP contribution >= 0.6 is 0 Å². The highest BCUT2D eigenvalue weighted by Crippen LogP contribution is 2.18. The first-order chi connectivity index (χ1) is 9.50. The first-order valence-corrected chi connectivity index (χ1v) is 7.75. The summed E-state index contributed by atoms with van der Waals surface area (Å²) in [5.41, 5.74) is 8.86. The minimum atomic E-state index is 0.295. The topological polar surface area (TPSA) is 32.5 Å². The molecule has 0 radical (unpaired) electrons. The van der Waals surface area contributed by atoms with Crippen LogP contribution in [0.4, 0.5) is 0 Å². The molecule has 0 aromatic heterocycles. The number of nitrogens with two attached hydrogens (primary N) is 1. The molecule has 1 aromatic carbocycles. The van der Waals surface area contributed by atoms with Gasteiger partial charge in [0.2, 0.25) is 0 Å². The van der Waals surface area contributed by atoms with Crippen molar-refractivity contribution in [1.82, 2.24) is 9.80 Å². The largest absolute Gasteiger partial charge is 0.330 e. The molecule has 3 heteroatoms. The van der Waals surface area contributed by atoms with Crippen LogP contribution in [0.25, 0.3) is 0 Å². The summed E-state index contributed by atoms with van der Waals surface area (Å²) in [4.78, 5) is 5.15. The molecular weight excluding hydrogens is 246 g/mol. The second kappa shape index (κ2) is 6.70. The Balaban J connectivity index is 1.93. The molecule has 2 rings (SSSR count). The molecule has 0 spiro atoms. The van der Waals surface area contributed by atoms with E-state index in [-0.39, 0.29) is 0 Å². The molecule has 1 aromatic rings. The lowest BCUT2D eigenvalue weighted by Crippen LogP contribution is -2.53. The smallest absolute Gasteiger partial charge is 0.0237 e. The molecule has 0 saturated carbocycles. The predicted octanol–water partition coefficient (Wildman–Crippen LogP) is 2.10. The SMILES string of the molecule is CC(C)(C)N1CCN(Cc2ccccc2CCN)CC1. The van der Waals surface area contributed by atoms with Gasteiger partial charge in [-0.25, -0.2) is 0 Å². The van der Waals surface area contributed by atoms with Crippen LogP contribution < -0.4 is 5.73 Å². The van der Waals surface area contributed by atoms with Crippen molar-refractivity contribution >= 4 is 0 Å². The van der Waals surface area contributed by atoms with Gasteiger partial charge in [0.25, 0.3) is 0 Å². The summed E-state index contributed by atoms with van der Waals surface area (Å²) in [6.45, 7) is 13.4. The molecule has 20 heavy (non-hydrogen) atoms. The van der Waals surface area contributed by atoms with Gasteiger partial charge < -0.3 is 5.73 Å². The molecule has 0 bridgehead atoms. The Labute approximate surface area is 123 Å². The molecule has 1 aliphatic heterocycles. The van der Waals surface area contributed by atoms with E-state index in [4.69, 9.17) is 5.73 Å². The minimum Gasteiger partial charge on any atom is -0.330 e. The van der Waals surface area contributed by atoms with Gasteiger partial charge in [-0.3, -0.25) is 9.80 Å². The lowest BCUT2D eigenvalue weighted by molar-refractivity contribution is 0.0590. The molecule has 0 atom stereocenters. The molecular formula is C17H29N3. The third kappa shape index (κ3) is 4.05. The van der Waals surface area contributed by atoms with Crippen LogP contribution in [0.2, 0.25) is 0 Å². The first-order valence-electron chi connectivity index (χ1n) is 7.75. The molecule has 2 N–H and O–H groups in total. The summed E-state index contributed by atoms with van der Waals surface area (Å²) in [5.74, 6) is 0. The molecule has 1 fully saturated rings. The molecule has 3 nitrogen and oxygen atoms in total. The summed E-state index contributed by atoms with van der Waals surface area (Å²) >= 11 is 0. The highest BCUT2D eigenvalue weighted by molar-refractivity contribution is 5.27. The fourth-order valence-corrected chi connectivity index (χ4v) is 2.93. The Morgan fingerprint density at radius 2 is 1.60 bits per heavy atom. The summed E-state index contributed by atoms with van der Waals surface area (Å²) in [5, 5.41) is 0. The second-order valence-electron chi connectivity index (χ2n) is 6.74. The van der Waals surface area contributed by atoms with E-state index in [1.54, 1.807) is 0 Å². The zero-order valence-electron chi connectivity index (χ0n) is 13.2. The van der Waals surface area contributed by atoms with Gasteiger partial charge in [-0.1, -0.05) is 24.3 Å². The predicted molar refractivity (Wildman–Crippen MR) is 85.8 cm³/mol. The van der Waals surface area contributed by atoms with Gasteiger partial charge in [0, 0.05) is 38.3 Å². The van der Waals surface area contributed by atoms with Gasteiger partial charge in [0.05, 0.1) is 0 Å². The third-order valence-corrected chi connectivity index (χ3v) is 4.25. The minimum absolute atomic E-state index is 0.295. The standard InChI is InChI=1S/C17H29N3/c1-17(2,3)20-12-10-19(11-13-20)14-16-7-5-4-6-15(16)8-9-18/h4-7H,8-14,18H2,1-3H3. The van der Waals surface area contributed by atoms with Crippen LogP contribution in [-0.2, 0) is 13.0 Å². The van der Waals surface area contributed by atoms with Crippen molar-refractivity contribution in [3.05, 3.63) is 35.4 Å². The Hall–Kier alpha value is -0.900. The highest BCUT2D eigenvalue weighted by Gasteiger charge is 2.25. The van der Waals surface area contributed by atoms with Crippen molar-refractivity contribution in [2.24, 2.45) is 5.73 Å². The molecule has 0 amide bonds. The number of hydrogen-bond acceptors (Lipinski definition) is 3. The van der Waals surface area contributed by atoms with E-state index in [1.165, 1.54) is 24.2 Å². The van der Waals surface area contributed by atoms with E-state index in [0.29, 0.717) is 5.54 Å². The van der Waals surface area contributed by atoms with Crippen molar-refractivity contribution in [3.8, 4) is 0 Å². The van der Waals surface area contributed by atoms with E-state index >= 15 is 0 Å². The van der Waals surface area contributed by atoms with E-state index in [2.05, 4.69) is 54.8 Å². The number of hydrogen-bond donors (Lipinski definition) is 1. The van der Waals surface area contributed by atoms with Gasteiger partial charge in [-0.2, -0.15) is 0 Å². The fourth-order valence-electron chi connectivity index (χ4n) is 2.93. The monoisotopic (exact) mass is 275 g/mol. The van der Waals surface area contributed by atoms with E-state index in [0.717, 1.165) is 32.6 Å². The van der Waals surface area contributed by atoms with E-state index in [1.807, 2.05) is 0 Å². The normalized spacial score (nSPS) is 18.4. The molecule has 1 heterocycles. The number of nitrogens with zero attached hydrogens (tertiary/aromatic N) is 2. The van der Waals surface area contributed by atoms with Crippen molar-refractivity contribution in [2.75, 3.05) is 32.7 Å². The average molecular weight is 275 g/mol. The van der Waals surface area contributed by atoms with Gasteiger partial charge in [-0.05, 0) is 44.9 Å². The first kappa shape index (κ1) is 15.5. The maximum Gasteiger partial charge on any atom is 0.0237 e. The third-order valence-electron chi connectivity index (χ3n) is 4.25. The summed E-state index contributed by atoms with van der Waals surface area (Å²) in [7, 11) is 0. The van der Waals surface area contributed by atoms with Crippen LogP contribution in [0.5, 0.6) is 0 Å². The summed E-state index contributed by atoms with van der Waals surface area (Å²) in [6, 6.07) is 8.72. The maximum absolute atomic E-state index is 5.71. The second-order valence-corrected chi connectivity index (χ2v) is 6.74. The van der Waals surface area contributed by atoms with Crippen LogP contribution in [0.1, 0.15) is 31.9 Å². The Morgan fingerprint density at radius 1 is 1.00 bits per heavy atom. The Bertz CT molecular complexity index is 414. The number of piperazine rings is 1. The average Bonchev–Trinajstić information content (AvgIpc) is 2.41. The molecule has 0 aliphatic carbocycles. The quantitative estimate of drug-likeness (QED) is 0.913. The van der Waals surface area contributed by atoms with Gasteiger partial charge in [0.15, 0.2) is 0 Å². The van der Waals surface area contributed by atoms with Gasteiger partial charge in [-0.15, -0.1) is 0 Å². The van der Waals surface area contributed by atoms with E-state index in [9.17, 15) is 0 Å². The zero-order chi connectivity index (χ0) is 14.6. The molecule has 0 unspecified atom stereocenters.